The molecule has 0 saturated carbocycles. The summed E-state index contributed by atoms with van der Waals surface area (Å²) in [7, 11) is -16.4. The number of hydrogen-bond donors (Lipinski definition) is 10. The molecule has 61 heavy (non-hydrogen) atoms. The molecule has 350 valence electrons. The minimum Gasteiger partial charge on any atom is -0.393 e. The SMILES string of the molecule is CCCCCCCCCC(O)CCSCCNC(=O)CCNC(=O)C(O)C(C)(C)COP(=O)(O)OP(=O)(O)OC[C@H]1O[C@H](n2cnc3c(N)ncnc32)[C@H](O)[C@@H]1OP(=O)(O)O. The minimum absolute atomic E-state index is 0.0363. The van der Waals surface area contributed by atoms with Crippen LogP contribution >= 0.6 is 35.2 Å². The van der Waals surface area contributed by atoms with E-state index < -0.39 is 78.6 Å². The maximum Gasteiger partial charge on any atom is 0.481 e. The van der Waals surface area contributed by atoms with Crippen LogP contribution < -0.4 is 16.4 Å². The third-order valence-electron chi connectivity index (χ3n) is 9.38. The molecule has 0 bridgehead atoms. The summed E-state index contributed by atoms with van der Waals surface area (Å²) in [6.07, 6.45) is 2.68. The number of anilines is 1. The number of phosphoric ester groups is 3. The number of aromatic nitrogens is 4. The van der Waals surface area contributed by atoms with E-state index in [0.717, 1.165) is 42.2 Å². The number of thioether (sulfide) groups is 1. The zero-order valence-electron chi connectivity index (χ0n) is 34.3. The molecule has 2 aromatic heterocycles. The Morgan fingerprint density at radius 1 is 0.951 bits per heavy atom. The first-order valence-electron chi connectivity index (χ1n) is 19.7. The number of aliphatic hydroxyl groups excluding tert-OH is 3. The van der Waals surface area contributed by atoms with Gasteiger partial charge in [-0.05, 0) is 18.6 Å². The van der Waals surface area contributed by atoms with E-state index in [1.54, 1.807) is 11.8 Å². The number of nitrogen functional groups attached to an aromatic ring is 1. The van der Waals surface area contributed by atoms with Crippen molar-refractivity contribution in [2.45, 2.75) is 122 Å². The topological polar surface area (TPSA) is 367 Å². The molecule has 3 rings (SSSR count). The molecule has 1 fully saturated rings. The molecule has 1 aliphatic rings. The first-order valence-corrected chi connectivity index (χ1v) is 25.4. The van der Waals surface area contributed by atoms with Gasteiger partial charge in [0.25, 0.3) is 0 Å². The van der Waals surface area contributed by atoms with Gasteiger partial charge in [-0.3, -0.25) is 27.7 Å². The Morgan fingerprint density at radius 2 is 1.62 bits per heavy atom. The van der Waals surface area contributed by atoms with Crippen LogP contribution in [0.1, 0.15) is 91.2 Å². The number of unbranched alkanes of at least 4 members (excludes halogenated alkanes) is 6. The number of rotatable bonds is 30. The van der Waals surface area contributed by atoms with Crippen LogP contribution in [0.15, 0.2) is 12.7 Å². The van der Waals surface area contributed by atoms with Crippen molar-refractivity contribution < 1.29 is 80.8 Å². The van der Waals surface area contributed by atoms with Gasteiger partial charge in [-0.15, -0.1) is 0 Å². The number of imidazole rings is 1. The summed E-state index contributed by atoms with van der Waals surface area (Å²) in [4.78, 5) is 75.9. The van der Waals surface area contributed by atoms with Crippen molar-refractivity contribution in [2.24, 2.45) is 5.41 Å². The summed E-state index contributed by atoms with van der Waals surface area (Å²) >= 11 is 1.61. The number of amides is 2. The number of nitrogens with zero attached hydrogens (tertiary/aromatic N) is 4. The van der Waals surface area contributed by atoms with Gasteiger partial charge < -0.3 is 56.0 Å². The number of carbonyl (C=O) groups is 2. The quantitative estimate of drug-likeness (QED) is 0.0395. The highest BCUT2D eigenvalue weighted by Crippen LogP contribution is 2.61. The third-order valence-corrected chi connectivity index (χ3v) is 13.5. The molecule has 0 spiro atoms. The second-order valence-electron chi connectivity index (χ2n) is 15.0. The van der Waals surface area contributed by atoms with Gasteiger partial charge in [-0.25, -0.2) is 28.6 Å². The molecule has 8 atom stereocenters. The smallest absolute Gasteiger partial charge is 0.393 e. The summed E-state index contributed by atoms with van der Waals surface area (Å²) < 4.78 is 62.3. The van der Waals surface area contributed by atoms with Crippen molar-refractivity contribution in [1.29, 1.82) is 0 Å². The molecule has 24 nitrogen and oxygen atoms in total. The van der Waals surface area contributed by atoms with Crippen LogP contribution in [0.3, 0.4) is 0 Å². The standard InChI is InChI=1S/C33H60N7O17P3S/c1-4-5-6-7-8-9-10-11-22(41)13-16-61-17-15-35-24(42)12-14-36-31(45)28(44)33(2,3)19-54-60(51,52)57-59(49,50)53-18-23-27(56-58(46,47)48)26(43)32(55-23)40-21-39-25-29(34)37-20-38-30(25)40/h20-23,26-28,32,41,43-44H,4-19H2,1-3H3,(H,35,42)(H,36,45)(H,49,50)(H,51,52)(H2,34,37,38)(H2,46,47,48)/t22?,23-,26-,27-,28?,32+/m1/s1. The second-order valence-corrected chi connectivity index (χ2v) is 20.5. The first kappa shape index (κ1) is 53.2. The Balaban J connectivity index is 1.38. The highest BCUT2D eigenvalue weighted by Gasteiger charge is 2.50. The maximum atomic E-state index is 12.7. The van der Waals surface area contributed by atoms with Crippen molar-refractivity contribution in [3.8, 4) is 0 Å². The van der Waals surface area contributed by atoms with Crippen LogP contribution in [0, 0.1) is 5.41 Å². The van der Waals surface area contributed by atoms with E-state index in [1.165, 1.54) is 46.0 Å². The molecule has 3 heterocycles. The molecular weight excluding hydrogens is 891 g/mol. The number of nitrogens with two attached hydrogens (primary N) is 1. The first-order chi connectivity index (χ1) is 28.6. The maximum absolute atomic E-state index is 12.7. The lowest BCUT2D eigenvalue weighted by Gasteiger charge is -2.30. The number of hydrogen-bond acceptors (Lipinski definition) is 18. The molecule has 11 N–H and O–H groups in total. The van der Waals surface area contributed by atoms with Gasteiger partial charge in [-0.2, -0.15) is 16.1 Å². The fourth-order valence-corrected chi connectivity index (χ4v) is 9.72. The number of phosphoric acid groups is 3. The number of fused-ring (bicyclic) bond motifs is 1. The molecule has 1 saturated heterocycles. The van der Waals surface area contributed by atoms with Gasteiger partial charge in [0.1, 0.15) is 36.3 Å². The van der Waals surface area contributed by atoms with Crippen LogP contribution in [0.4, 0.5) is 5.82 Å². The Hall–Kier alpha value is -2.15. The fourth-order valence-electron chi connectivity index (χ4n) is 6.01. The molecule has 4 unspecified atom stereocenters. The van der Waals surface area contributed by atoms with Crippen LogP contribution in [-0.2, 0) is 45.9 Å². The van der Waals surface area contributed by atoms with Crippen molar-refractivity contribution in [2.75, 3.05) is 43.5 Å². The normalized spacial score (nSPS) is 21.5. The van der Waals surface area contributed by atoms with E-state index in [2.05, 4.69) is 41.3 Å². The largest absolute Gasteiger partial charge is 0.481 e. The van der Waals surface area contributed by atoms with Crippen LogP contribution in [0.2, 0.25) is 0 Å². The second kappa shape index (κ2) is 24.8. The van der Waals surface area contributed by atoms with E-state index >= 15 is 0 Å². The summed E-state index contributed by atoms with van der Waals surface area (Å²) in [6, 6.07) is 0. The average molecular weight is 952 g/mol. The molecule has 0 radical (unpaired) electrons. The van der Waals surface area contributed by atoms with Crippen molar-refractivity contribution in [3.05, 3.63) is 12.7 Å². The molecule has 0 aliphatic carbocycles. The van der Waals surface area contributed by atoms with Crippen molar-refractivity contribution in [1.82, 2.24) is 30.2 Å². The molecule has 28 heteroatoms. The predicted octanol–water partition coefficient (Wildman–Crippen LogP) is 2.03. The highest BCUT2D eigenvalue weighted by molar-refractivity contribution is 7.99. The minimum atomic E-state index is -5.56. The molecular formula is C33H60N7O17P3S. The zero-order chi connectivity index (χ0) is 45.4. The molecule has 2 aromatic rings. The predicted molar refractivity (Wildman–Crippen MR) is 220 cm³/mol. The van der Waals surface area contributed by atoms with Crippen molar-refractivity contribution in [3.63, 3.8) is 0 Å². The van der Waals surface area contributed by atoms with Gasteiger partial charge >= 0.3 is 23.5 Å². The molecule has 1 aliphatic heterocycles. The van der Waals surface area contributed by atoms with E-state index in [0.29, 0.717) is 18.7 Å². The van der Waals surface area contributed by atoms with Gasteiger partial charge in [0.2, 0.25) is 11.8 Å². The van der Waals surface area contributed by atoms with Gasteiger partial charge in [0.15, 0.2) is 17.7 Å². The third kappa shape index (κ3) is 18.5. The van der Waals surface area contributed by atoms with E-state index in [-0.39, 0.29) is 42.0 Å². The monoisotopic (exact) mass is 951 g/mol. The number of ether oxygens (including phenoxy) is 1. The Bertz CT molecular complexity index is 1840. The molecule has 2 amide bonds. The highest BCUT2D eigenvalue weighted by atomic mass is 32.2. The van der Waals surface area contributed by atoms with Gasteiger partial charge in [0.05, 0.1) is 25.6 Å². The fraction of sp³-hybridized carbons (Fsp3) is 0.788. The Labute approximate surface area is 357 Å². The lowest BCUT2D eigenvalue weighted by molar-refractivity contribution is -0.137. The molecule has 0 aromatic carbocycles. The van der Waals surface area contributed by atoms with Crippen LogP contribution in [-0.4, -0.2) is 135 Å². The van der Waals surface area contributed by atoms with E-state index in [4.69, 9.17) is 19.5 Å². The summed E-state index contributed by atoms with van der Waals surface area (Å²) in [6.45, 7) is 2.98. The van der Waals surface area contributed by atoms with Crippen LogP contribution in [0.25, 0.3) is 11.2 Å². The Morgan fingerprint density at radius 3 is 2.31 bits per heavy atom. The average Bonchev–Trinajstić information content (AvgIpc) is 3.73. The lowest BCUT2D eigenvalue weighted by Crippen LogP contribution is -2.46. The van der Waals surface area contributed by atoms with Gasteiger partial charge in [0, 0.05) is 30.7 Å². The zero-order valence-corrected chi connectivity index (χ0v) is 37.8. The summed E-state index contributed by atoms with van der Waals surface area (Å²) in [5, 5.41) is 36.8. The van der Waals surface area contributed by atoms with E-state index in [1.807, 2.05) is 0 Å². The lowest BCUT2D eigenvalue weighted by atomic mass is 9.87. The number of nitrogens with one attached hydrogen (secondary N) is 2. The van der Waals surface area contributed by atoms with E-state index in [9.17, 15) is 58.2 Å². The Kier molecular flexibility index (Phi) is 21.6. The number of aliphatic hydroxyl groups is 3. The number of carbonyl (C=O) groups excluding carboxylic acids is 2. The summed E-state index contributed by atoms with van der Waals surface area (Å²) in [5.41, 5.74) is 4.30. The van der Waals surface area contributed by atoms with Gasteiger partial charge in [-0.1, -0.05) is 65.7 Å². The van der Waals surface area contributed by atoms with Crippen LogP contribution in [0.5, 0.6) is 0 Å². The summed E-state index contributed by atoms with van der Waals surface area (Å²) in [5.74, 6) is 0.0652. The van der Waals surface area contributed by atoms with Crippen molar-refractivity contribution >= 4 is 64.0 Å².